The summed E-state index contributed by atoms with van der Waals surface area (Å²) in [6.07, 6.45) is 1.29. The van der Waals surface area contributed by atoms with Crippen LogP contribution < -0.4 is 5.73 Å². The van der Waals surface area contributed by atoms with E-state index in [1.165, 1.54) is 12.5 Å². The van der Waals surface area contributed by atoms with Gasteiger partial charge in [0, 0.05) is 0 Å². The highest BCUT2D eigenvalue weighted by Gasteiger charge is 1.65. The van der Waals surface area contributed by atoms with Gasteiger partial charge >= 0.3 is 6.09 Å². The average molecular weight is 131 g/mol. The first-order valence-corrected chi connectivity index (χ1v) is 2.00. The molecule has 0 atom stereocenters. The molecular weight excluding hydrogens is 122 g/mol. The van der Waals surface area contributed by atoms with Crippen molar-refractivity contribution < 1.29 is 14.6 Å². The molecule has 0 spiro atoms. The zero-order valence-electron chi connectivity index (χ0n) is 4.91. The van der Waals surface area contributed by atoms with Crippen molar-refractivity contribution in [3.8, 4) is 0 Å². The Morgan fingerprint density at radius 2 is 1.78 bits per heavy atom. The van der Waals surface area contributed by atoms with Gasteiger partial charge in [-0.15, -0.1) is 0 Å². The second-order valence-corrected chi connectivity index (χ2v) is 0.808. The first-order valence-electron chi connectivity index (χ1n) is 2.00. The van der Waals surface area contributed by atoms with E-state index in [9.17, 15) is 0 Å². The minimum absolute atomic E-state index is 1.31. The Morgan fingerprint density at radius 3 is 1.78 bits per heavy atom. The maximum atomic E-state index is 8.78. The van der Waals surface area contributed by atoms with Crippen molar-refractivity contribution in [2.75, 3.05) is 0 Å². The first kappa shape index (κ1) is 10.5. The predicted octanol–water partition coefficient (Wildman–Crippen LogP) is 0.913. The lowest BCUT2D eigenvalue weighted by molar-refractivity contribution is 0.205. The van der Waals surface area contributed by atoms with Crippen LogP contribution in [-0.2, 0) is 4.74 Å². The van der Waals surface area contributed by atoms with Gasteiger partial charge in [-0.25, -0.2) is 4.79 Å². The SMILES string of the molecule is C=COC=C.NC(=O)O. The molecule has 0 saturated carbocycles. The van der Waals surface area contributed by atoms with Crippen LogP contribution in [0.4, 0.5) is 4.79 Å². The molecule has 1 amide bonds. The molecule has 0 radical (unpaired) electrons. The quantitative estimate of drug-likeness (QED) is 0.547. The normalized spacial score (nSPS) is 5.78. The summed E-state index contributed by atoms with van der Waals surface area (Å²) in [4.78, 5) is 8.78. The van der Waals surface area contributed by atoms with E-state index < -0.39 is 6.09 Å². The molecule has 0 unspecified atom stereocenters. The molecule has 0 aliphatic carbocycles. The monoisotopic (exact) mass is 131 g/mol. The lowest BCUT2D eigenvalue weighted by Gasteiger charge is -1.76. The Morgan fingerprint density at radius 1 is 1.56 bits per heavy atom. The summed E-state index contributed by atoms with van der Waals surface area (Å²) < 4.78 is 4.36. The van der Waals surface area contributed by atoms with Crippen LogP contribution in [0, 0.1) is 0 Å². The van der Waals surface area contributed by atoms with E-state index in [-0.39, 0.29) is 0 Å². The van der Waals surface area contributed by atoms with E-state index in [1.54, 1.807) is 0 Å². The van der Waals surface area contributed by atoms with Crippen molar-refractivity contribution in [1.82, 2.24) is 0 Å². The van der Waals surface area contributed by atoms with Crippen LogP contribution in [0.5, 0.6) is 0 Å². The fourth-order valence-electron chi connectivity index (χ4n) is 0.0680. The Labute approximate surface area is 53.2 Å². The molecule has 0 aliphatic heterocycles. The van der Waals surface area contributed by atoms with Crippen molar-refractivity contribution in [1.29, 1.82) is 0 Å². The van der Waals surface area contributed by atoms with Crippen molar-refractivity contribution >= 4 is 6.09 Å². The number of primary amides is 1. The summed E-state index contributed by atoms with van der Waals surface area (Å²) in [6.45, 7) is 6.51. The van der Waals surface area contributed by atoms with Gasteiger partial charge in [0.1, 0.15) is 0 Å². The molecule has 4 heteroatoms. The number of amides is 1. The second kappa shape index (κ2) is 9.75. The average Bonchev–Trinajstić information content (AvgIpc) is 1.66. The highest BCUT2D eigenvalue weighted by Crippen LogP contribution is 1.65. The van der Waals surface area contributed by atoms with Crippen LogP contribution >= 0.6 is 0 Å². The number of carboxylic acid groups (broad SMARTS) is 1. The molecule has 0 rings (SSSR count). The van der Waals surface area contributed by atoms with E-state index in [4.69, 9.17) is 9.90 Å². The third-order valence-electron chi connectivity index (χ3n) is 0.192. The number of ether oxygens (including phenoxy) is 1. The molecule has 9 heavy (non-hydrogen) atoms. The topological polar surface area (TPSA) is 72.5 Å². The van der Waals surface area contributed by atoms with Gasteiger partial charge in [-0.2, -0.15) is 0 Å². The van der Waals surface area contributed by atoms with Gasteiger partial charge in [0.2, 0.25) is 0 Å². The van der Waals surface area contributed by atoms with E-state index in [1.807, 2.05) is 0 Å². The van der Waals surface area contributed by atoms with Crippen molar-refractivity contribution in [3.05, 3.63) is 25.7 Å². The van der Waals surface area contributed by atoms with E-state index in [0.717, 1.165) is 0 Å². The highest BCUT2D eigenvalue weighted by molar-refractivity contribution is 5.61. The molecule has 0 fully saturated rings. The minimum atomic E-state index is -1.33. The first-order chi connectivity index (χ1) is 4.15. The van der Waals surface area contributed by atoms with Gasteiger partial charge in [0.05, 0.1) is 12.5 Å². The smallest absolute Gasteiger partial charge is 0.402 e. The van der Waals surface area contributed by atoms with Crippen molar-refractivity contribution in [2.24, 2.45) is 5.73 Å². The van der Waals surface area contributed by atoms with Crippen LogP contribution in [0.2, 0.25) is 0 Å². The van der Waals surface area contributed by atoms with Gasteiger partial charge in [-0.3, -0.25) is 0 Å². The van der Waals surface area contributed by atoms with Gasteiger partial charge in [-0.05, 0) is 0 Å². The minimum Gasteiger partial charge on any atom is -0.474 e. The van der Waals surface area contributed by atoms with E-state index in [0.29, 0.717) is 0 Å². The molecular formula is C5H9NO3. The zero-order chi connectivity index (χ0) is 7.70. The van der Waals surface area contributed by atoms with Crippen LogP contribution in [0.15, 0.2) is 25.7 Å². The molecule has 0 aromatic rings. The van der Waals surface area contributed by atoms with E-state index in [2.05, 4.69) is 23.6 Å². The maximum absolute atomic E-state index is 8.78. The Kier molecular flexibility index (Phi) is 11.4. The summed E-state index contributed by atoms with van der Waals surface area (Å²) in [5.41, 5.74) is 4.03. The van der Waals surface area contributed by atoms with Gasteiger partial charge in [0.25, 0.3) is 0 Å². The number of hydrogen-bond acceptors (Lipinski definition) is 2. The summed E-state index contributed by atoms with van der Waals surface area (Å²) >= 11 is 0. The van der Waals surface area contributed by atoms with Gasteiger partial charge in [-0.1, -0.05) is 13.2 Å². The summed E-state index contributed by atoms with van der Waals surface area (Å²) in [5, 5.41) is 7.19. The van der Waals surface area contributed by atoms with Crippen LogP contribution in [0.3, 0.4) is 0 Å². The molecule has 52 valence electrons. The number of hydrogen-bond donors (Lipinski definition) is 2. The maximum Gasteiger partial charge on any atom is 0.402 e. The molecule has 3 N–H and O–H groups in total. The summed E-state index contributed by atoms with van der Waals surface area (Å²) in [5.74, 6) is 0. The number of carbonyl (C=O) groups is 1. The summed E-state index contributed by atoms with van der Waals surface area (Å²) in [7, 11) is 0. The lowest BCUT2D eigenvalue weighted by Crippen LogP contribution is -2.03. The zero-order valence-corrected chi connectivity index (χ0v) is 4.91. The van der Waals surface area contributed by atoms with Crippen LogP contribution in [0.25, 0.3) is 0 Å². The van der Waals surface area contributed by atoms with Crippen LogP contribution in [0.1, 0.15) is 0 Å². The van der Waals surface area contributed by atoms with Gasteiger partial charge < -0.3 is 15.6 Å². The Bertz CT molecular complexity index is 90.4. The van der Waals surface area contributed by atoms with Crippen molar-refractivity contribution in [2.45, 2.75) is 0 Å². The molecule has 4 nitrogen and oxygen atoms in total. The molecule has 0 saturated heterocycles. The molecule has 0 aromatic carbocycles. The second-order valence-electron chi connectivity index (χ2n) is 0.808. The van der Waals surface area contributed by atoms with Crippen LogP contribution in [-0.4, -0.2) is 11.2 Å². The summed E-state index contributed by atoms with van der Waals surface area (Å²) in [6, 6.07) is 0. The molecule has 0 aliphatic rings. The standard InChI is InChI=1S/C4H6O.CH3NO2/c1-3-5-4-2;2-1(3)4/h3-4H,1-2H2;2H2,(H,3,4). The highest BCUT2D eigenvalue weighted by atomic mass is 16.5. The lowest BCUT2D eigenvalue weighted by atomic mass is 11.1. The molecule has 0 heterocycles. The fourth-order valence-corrected chi connectivity index (χ4v) is 0.0680. The molecule has 0 aromatic heterocycles. The van der Waals surface area contributed by atoms with Gasteiger partial charge in [0.15, 0.2) is 0 Å². The third-order valence-corrected chi connectivity index (χ3v) is 0.192. The molecule has 0 bridgehead atoms. The Hall–Kier alpha value is -1.45. The largest absolute Gasteiger partial charge is 0.474 e. The van der Waals surface area contributed by atoms with Crippen molar-refractivity contribution in [3.63, 3.8) is 0 Å². The fraction of sp³-hybridized carbons (Fsp3) is 0. The predicted molar refractivity (Wildman–Crippen MR) is 33.7 cm³/mol. The number of nitrogens with two attached hydrogens (primary N) is 1. The van der Waals surface area contributed by atoms with E-state index >= 15 is 0 Å². The third kappa shape index (κ3) is 448. The Balaban J connectivity index is 0. The number of rotatable bonds is 2.